The largest absolute Gasteiger partial charge is 0.480 e. The van der Waals surface area contributed by atoms with Gasteiger partial charge in [-0.3, -0.25) is 67.7 Å². The van der Waals surface area contributed by atoms with E-state index in [0.717, 1.165) is 9.80 Å². The molecule has 0 aliphatic rings. The molecule has 25 nitrogen and oxygen atoms in total. The summed E-state index contributed by atoms with van der Waals surface area (Å²) >= 11 is 0. The van der Waals surface area contributed by atoms with Gasteiger partial charge in [-0.05, 0) is 0 Å². The number of rotatable bonds is 33. The summed E-state index contributed by atoms with van der Waals surface area (Å²) in [5.74, 6) is -10.7. The molecule has 0 aliphatic heterocycles. The number of carbonyl (C=O) groups is 9. The van der Waals surface area contributed by atoms with Crippen LogP contribution < -0.4 is 0 Å². The topological polar surface area (TPSA) is 370 Å². The molecule has 25 heteroatoms. The lowest BCUT2D eigenvalue weighted by molar-refractivity contribution is -0.144. The highest BCUT2D eigenvalue weighted by molar-refractivity contribution is 5.74. The molecule has 0 saturated carbocycles. The van der Waals surface area contributed by atoms with E-state index in [4.69, 9.17) is 55.4 Å². The highest BCUT2D eigenvalue weighted by Gasteiger charge is 2.19. The molecule has 0 saturated heterocycles. The van der Waals surface area contributed by atoms with Crippen molar-refractivity contribution in [2.24, 2.45) is 0 Å². The van der Waals surface area contributed by atoms with Crippen molar-refractivity contribution in [2.75, 3.05) is 125 Å². The van der Waals surface area contributed by atoms with Gasteiger partial charge in [0.15, 0.2) is 0 Å². The van der Waals surface area contributed by atoms with Gasteiger partial charge in [0.05, 0.1) is 85.3 Å². The average Bonchev–Trinajstić information content (AvgIpc) is 2.97. The monoisotopic (exact) mass is 773 g/mol. The molecule has 0 aromatic carbocycles. The van der Waals surface area contributed by atoms with Gasteiger partial charge in [-0.15, -0.1) is 0 Å². The van der Waals surface area contributed by atoms with E-state index in [1.165, 1.54) is 14.7 Å². The van der Waals surface area contributed by atoms with Crippen molar-refractivity contribution in [3.8, 4) is 0 Å². The highest BCUT2D eigenvalue weighted by Crippen LogP contribution is 1.97. The average molecular weight is 774 g/mol. The normalized spacial score (nSPS) is 11.0. The fraction of sp³-hybridized carbons (Fsp3) is 0.679. The minimum Gasteiger partial charge on any atom is -0.480 e. The standard InChI is InChI=1S/C14H23N3O10.C14H24N2O10/c18-10(19)5-15(1-3-16(6-11(20)21)7-12(22)23)2-4-17(8-13(24)25)9-14(26)27;17-11(18)7-15(8-12(19)20)1-3-25-5-6-26-4-2-16(9-13(21)22)10-14(23)24/h1-9H2,(H,18,19)(H,20,21)(H,22,23)(H,24,25)(H,26,27);1-10H2,(H,17,18)(H,19,20)(H,21,22)(H,23,24). The van der Waals surface area contributed by atoms with E-state index in [2.05, 4.69) is 0 Å². The van der Waals surface area contributed by atoms with Crippen LogP contribution in [-0.2, 0) is 52.6 Å². The Hall–Kier alpha value is -5.05. The SMILES string of the molecule is O=C(O)CN(CCN(CC(=O)O)CC(=O)O)CCN(CC(=O)O)CC(=O)O.O=C(O)CN(CCOCCOCCN(CC(=O)O)CC(=O)O)CC(=O)O. The Labute approximate surface area is 301 Å². The maximum absolute atomic E-state index is 11.0. The number of hydrogen-bond acceptors (Lipinski definition) is 16. The predicted molar refractivity (Wildman–Crippen MR) is 173 cm³/mol. The van der Waals surface area contributed by atoms with Gasteiger partial charge in [0.1, 0.15) is 0 Å². The lowest BCUT2D eigenvalue weighted by atomic mass is 10.3. The van der Waals surface area contributed by atoms with E-state index in [0.29, 0.717) is 0 Å². The Morgan fingerprint density at radius 3 is 0.642 bits per heavy atom. The molecule has 0 spiro atoms. The lowest BCUT2D eigenvalue weighted by Crippen LogP contribution is -2.45. The van der Waals surface area contributed by atoms with Crippen molar-refractivity contribution in [2.45, 2.75) is 0 Å². The van der Waals surface area contributed by atoms with Crippen LogP contribution in [-0.4, -0.2) is 249 Å². The Morgan fingerprint density at radius 1 is 0.264 bits per heavy atom. The third-order valence-electron chi connectivity index (χ3n) is 6.17. The maximum atomic E-state index is 11.0. The van der Waals surface area contributed by atoms with Gasteiger partial charge in [-0.1, -0.05) is 0 Å². The van der Waals surface area contributed by atoms with Crippen molar-refractivity contribution in [1.82, 2.24) is 24.5 Å². The molecule has 304 valence electrons. The summed E-state index contributed by atoms with van der Waals surface area (Å²) in [7, 11) is 0. The van der Waals surface area contributed by atoms with Crippen LogP contribution in [0.2, 0.25) is 0 Å². The van der Waals surface area contributed by atoms with E-state index in [1.54, 1.807) is 0 Å². The van der Waals surface area contributed by atoms with Crippen LogP contribution in [0.25, 0.3) is 0 Å². The summed E-state index contributed by atoms with van der Waals surface area (Å²) in [6, 6.07) is 0. The number of aliphatic carboxylic acids is 9. The van der Waals surface area contributed by atoms with Crippen molar-refractivity contribution >= 4 is 53.7 Å². The van der Waals surface area contributed by atoms with Gasteiger partial charge >= 0.3 is 53.7 Å². The second-order valence-corrected chi connectivity index (χ2v) is 10.9. The molecule has 0 radical (unpaired) electrons. The minimum atomic E-state index is -1.24. The number of ether oxygens (including phenoxy) is 2. The summed E-state index contributed by atoms with van der Waals surface area (Å²) in [6.07, 6.45) is 0. The highest BCUT2D eigenvalue weighted by atomic mass is 16.5. The zero-order valence-electron chi connectivity index (χ0n) is 28.7. The second-order valence-electron chi connectivity index (χ2n) is 10.9. The first kappa shape index (κ1) is 50.1. The summed E-state index contributed by atoms with van der Waals surface area (Å²) in [5, 5.41) is 78.8. The quantitative estimate of drug-likeness (QED) is 0.0283. The molecule has 53 heavy (non-hydrogen) atoms. The van der Waals surface area contributed by atoms with E-state index in [1.807, 2.05) is 0 Å². The van der Waals surface area contributed by atoms with Crippen molar-refractivity contribution in [3.05, 3.63) is 0 Å². The zero-order valence-corrected chi connectivity index (χ0v) is 28.7. The molecule has 0 amide bonds. The molecule has 0 rings (SSSR count). The first-order chi connectivity index (χ1) is 24.7. The van der Waals surface area contributed by atoms with E-state index in [-0.39, 0.29) is 65.7 Å². The summed E-state index contributed by atoms with van der Waals surface area (Å²) < 4.78 is 10.4. The Bertz CT molecular complexity index is 1060. The van der Waals surface area contributed by atoms with Gasteiger partial charge in [-0.25, -0.2) is 0 Å². The van der Waals surface area contributed by atoms with Crippen LogP contribution >= 0.6 is 0 Å². The molecule has 0 atom stereocenters. The van der Waals surface area contributed by atoms with Gasteiger partial charge in [-0.2, -0.15) is 0 Å². The van der Waals surface area contributed by atoms with Crippen molar-refractivity contribution < 1.29 is 98.6 Å². The molecule has 0 fully saturated rings. The molecule has 0 aliphatic carbocycles. The van der Waals surface area contributed by atoms with E-state index < -0.39 is 113 Å². The number of nitrogens with zero attached hydrogens (tertiary/aromatic N) is 5. The van der Waals surface area contributed by atoms with Crippen LogP contribution in [0.5, 0.6) is 0 Å². The fourth-order valence-corrected chi connectivity index (χ4v) is 4.12. The zero-order chi connectivity index (χ0) is 40.9. The van der Waals surface area contributed by atoms with Crippen molar-refractivity contribution in [3.63, 3.8) is 0 Å². The first-order valence-electron chi connectivity index (χ1n) is 15.4. The number of carboxylic acid groups (broad SMARTS) is 9. The van der Waals surface area contributed by atoms with Crippen LogP contribution in [0.4, 0.5) is 0 Å². The van der Waals surface area contributed by atoms with Crippen LogP contribution in [0.1, 0.15) is 0 Å². The second kappa shape index (κ2) is 29.5. The van der Waals surface area contributed by atoms with Crippen LogP contribution in [0, 0.1) is 0 Å². The molecular weight excluding hydrogens is 726 g/mol. The molecular formula is C28H47N5O20. The minimum absolute atomic E-state index is 0.000836. The molecule has 0 aromatic rings. The molecule has 9 N–H and O–H groups in total. The summed E-state index contributed by atoms with van der Waals surface area (Å²) in [5.41, 5.74) is 0. The predicted octanol–water partition coefficient (Wildman–Crippen LogP) is -4.72. The fourth-order valence-electron chi connectivity index (χ4n) is 4.12. The van der Waals surface area contributed by atoms with E-state index >= 15 is 0 Å². The Balaban J connectivity index is 0. The Morgan fingerprint density at radius 2 is 0.434 bits per heavy atom. The molecule has 0 aromatic heterocycles. The molecule has 0 unspecified atom stereocenters. The van der Waals surface area contributed by atoms with Crippen LogP contribution in [0.3, 0.4) is 0 Å². The number of carboxylic acids is 9. The maximum Gasteiger partial charge on any atom is 0.317 e. The lowest BCUT2D eigenvalue weighted by Gasteiger charge is -2.27. The number of hydrogen-bond donors (Lipinski definition) is 9. The van der Waals surface area contributed by atoms with Crippen molar-refractivity contribution in [1.29, 1.82) is 0 Å². The third kappa shape index (κ3) is 35.1. The molecule has 0 bridgehead atoms. The van der Waals surface area contributed by atoms with E-state index in [9.17, 15) is 43.2 Å². The van der Waals surface area contributed by atoms with Gasteiger partial charge in [0, 0.05) is 39.3 Å². The summed E-state index contributed by atoms with van der Waals surface area (Å²) in [6.45, 7) is -3.53. The summed E-state index contributed by atoms with van der Waals surface area (Å²) in [4.78, 5) is 102. The van der Waals surface area contributed by atoms with Gasteiger partial charge in [0.25, 0.3) is 0 Å². The van der Waals surface area contributed by atoms with Crippen LogP contribution in [0.15, 0.2) is 0 Å². The first-order valence-corrected chi connectivity index (χ1v) is 15.4. The Kier molecular flexibility index (Phi) is 27.9. The molecule has 0 heterocycles. The van der Waals surface area contributed by atoms with Gasteiger partial charge in [0.2, 0.25) is 0 Å². The van der Waals surface area contributed by atoms with Gasteiger partial charge < -0.3 is 55.4 Å². The third-order valence-corrected chi connectivity index (χ3v) is 6.17. The smallest absolute Gasteiger partial charge is 0.317 e.